The van der Waals surface area contributed by atoms with E-state index in [1.165, 1.54) is 12.0 Å². The predicted octanol–water partition coefficient (Wildman–Crippen LogP) is 2.86. The molecule has 0 radical (unpaired) electrons. The molecule has 1 unspecified atom stereocenters. The maximum atomic E-state index is 11.5. The second kappa shape index (κ2) is 9.59. The number of carbonyl (C=O) groups is 1. The van der Waals surface area contributed by atoms with Crippen molar-refractivity contribution in [3.63, 3.8) is 0 Å². The van der Waals surface area contributed by atoms with Crippen molar-refractivity contribution in [2.24, 2.45) is 0 Å². The maximum Gasteiger partial charge on any atom is 0.221 e. The fourth-order valence-electron chi connectivity index (χ4n) is 2.31. The SMILES string of the molecule is CCCNC(CCC)c1ccn(CCC(=O)NCC)c1. The van der Waals surface area contributed by atoms with Gasteiger partial charge in [-0.2, -0.15) is 0 Å². The average Bonchev–Trinajstić information content (AvgIpc) is 2.90. The first kappa shape index (κ1) is 16.8. The van der Waals surface area contributed by atoms with Crippen molar-refractivity contribution >= 4 is 5.91 Å². The van der Waals surface area contributed by atoms with E-state index in [1.54, 1.807) is 0 Å². The third-order valence-electron chi connectivity index (χ3n) is 3.36. The summed E-state index contributed by atoms with van der Waals surface area (Å²) in [4.78, 5) is 11.5. The van der Waals surface area contributed by atoms with Crippen LogP contribution in [0.15, 0.2) is 18.5 Å². The lowest BCUT2D eigenvalue weighted by Crippen LogP contribution is -2.23. The van der Waals surface area contributed by atoms with Crippen LogP contribution in [0.1, 0.15) is 58.1 Å². The van der Waals surface area contributed by atoms with Gasteiger partial charge in [-0.25, -0.2) is 0 Å². The van der Waals surface area contributed by atoms with E-state index in [4.69, 9.17) is 0 Å². The molecule has 0 bridgehead atoms. The smallest absolute Gasteiger partial charge is 0.221 e. The van der Waals surface area contributed by atoms with Crippen molar-refractivity contribution in [3.8, 4) is 0 Å². The van der Waals surface area contributed by atoms with Gasteiger partial charge in [0.1, 0.15) is 0 Å². The average molecular weight is 279 g/mol. The van der Waals surface area contributed by atoms with Gasteiger partial charge in [-0.1, -0.05) is 20.3 Å². The summed E-state index contributed by atoms with van der Waals surface area (Å²) in [5.41, 5.74) is 1.33. The number of amides is 1. The van der Waals surface area contributed by atoms with Gasteiger partial charge in [0.2, 0.25) is 5.91 Å². The third-order valence-corrected chi connectivity index (χ3v) is 3.36. The Bertz CT molecular complexity index is 387. The summed E-state index contributed by atoms with van der Waals surface area (Å²) >= 11 is 0. The van der Waals surface area contributed by atoms with Crippen molar-refractivity contribution in [1.29, 1.82) is 0 Å². The molecule has 1 aromatic rings. The molecule has 0 aliphatic heterocycles. The van der Waals surface area contributed by atoms with E-state index < -0.39 is 0 Å². The first-order valence-corrected chi connectivity index (χ1v) is 7.87. The molecule has 20 heavy (non-hydrogen) atoms. The zero-order valence-corrected chi connectivity index (χ0v) is 13.1. The highest BCUT2D eigenvalue weighted by Crippen LogP contribution is 2.19. The monoisotopic (exact) mass is 279 g/mol. The van der Waals surface area contributed by atoms with Crippen LogP contribution in [-0.4, -0.2) is 23.6 Å². The lowest BCUT2D eigenvalue weighted by Gasteiger charge is -2.16. The van der Waals surface area contributed by atoms with Crippen molar-refractivity contribution in [2.75, 3.05) is 13.1 Å². The normalized spacial score (nSPS) is 12.3. The Balaban J connectivity index is 2.52. The Morgan fingerprint density at radius 3 is 2.75 bits per heavy atom. The number of aromatic nitrogens is 1. The molecule has 4 heteroatoms. The Morgan fingerprint density at radius 2 is 2.10 bits per heavy atom. The number of aryl methyl sites for hydroxylation is 1. The first-order valence-electron chi connectivity index (χ1n) is 7.87. The third kappa shape index (κ3) is 5.78. The van der Waals surface area contributed by atoms with Gasteiger partial charge < -0.3 is 15.2 Å². The van der Waals surface area contributed by atoms with E-state index >= 15 is 0 Å². The number of nitrogens with zero attached hydrogens (tertiary/aromatic N) is 1. The van der Waals surface area contributed by atoms with Gasteiger partial charge >= 0.3 is 0 Å². The molecule has 0 aliphatic rings. The van der Waals surface area contributed by atoms with Crippen molar-refractivity contribution in [2.45, 2.75) is 59.0 Å². The Hall–Kier alpha value is -1.29. The van der Waals surface area contributed by atoms with Crippen molar-refractivity contribution in [3.05, 3.63) is 24.0 Å². The van der Waals surface area contributed by atoms with E-state index in [1.807, 2.05) is 6.92 Å². The van der Waals surface area contributed by atoms with Gasteiger partial charge in [-0.05, 0) is 37.9 Å². The van der Waals surface area contributed by atoms with Gasteiger partial charge in [0.05, 0.1) is 0 Å². The van der Waals surface area contributed by atoms with Crippen LogP contribution in [0.2, 0.25) is 0 Å². The minimum absolute atomic E-state index is 0.122. The zero-order chi connectivity index (χ0) is 14.8. The van der Waals surface area contributed by atoms with E-state index in [9.17, 15) is 4.79 Å². The van der Waals surface area contributed by atoms with Crippen LogP contribution in [0.5, 0.6) is 0 Å². The molecule has 1 rings (SSSR count). The second-order valence-corrected chi connectivity index (χ2v) is 5.18. The van der Waals surface area contributed by atoms with Gasteiger partial charge in [-0.3, -0.25) is 4.79 Å². The van der Waals surface area contributed by atoms with E-state index in [2.05, 4.69) is 47.5 Å². The van der Waals surface area contributed by atoms with Crippen LogP contribution in [0.3, 0.4) is 0 Å². The molecule has 1 atom stereocenters. The summed E-state index contributed by atoms with van der Waals surface area (Å²) in [6.45, 7) is 8.85. The molecule has 1 amide bonds. The first-order chi connectivity index (χ1) is 9.71. The zero-order valence-electron chi connectivity index (χ0n) is 13.1. The lowest BCUT2D eigenvalue weighted by atomic mass is 10.1. The molecular weight excluding hydrogens is 250 g/mol. The molecule has 0 saturated heterocycles. The quantitative estimate of drug-likeness (QED) is 0.692. The molecule has 0 saturated carbocycles. The summed E-state index contributed by atoms with van der Waals surface area (Å²) < 4.78 is 2.11. The van der Waals surface area contributed by atoms with Crippen LogP contribution < -0.4 is 10.6 Å². The molecule has 0 fully saturated rings. The van der Waals surface area contributed by atoms with Crippen LogP contribution in [-0.2, 0) is 11.3 Å². The molecule has 4 nitrogen and oxygen atoms in total. The highest BCUT2D eigenvalue weighted by Gasteiger charge is 2.11. The largest absolute Gasteiger partial charge is 0.356 e. The van der Waals surface area contributed by atoms with Gasteiger partial charge in [0.15, 0.2) is 0 Å². The van der Waals surface area contributed by atoms with Gasteiger partial charge in [0, 0.05) is 37.9 Å². The van der Waals surface area contributed by atoms with Crippen LogP contribution >= 0.6 is 0 Å². The van der Waals surface area contributed by atoms with Crippen LogP contribution in [0.4, 0.5) is 0 Å². The minimum Gasteiger partial charge on any atom is -0.356 e. The van der Waals surface area contributed by atoms with E-state index in [0.717, 1.165) is 25.9 Å². The number of hydrogen-bond acceptors (Lipinski definition) is 2. The molecular formula is C16H29N3O. The number of hydrogen-bond donors (Lipinski definition) is 2. The number of nitrogens with one attached hydrogen (secondary N) is 2. The van der Waals surface area contributed by atoms with E-state index in [-0.39, 0.29) is 5.91 Å². The predicted molar refractivity (Wildman–Crippen MR) is 83.7 cm³/mol. The molecule has 0 spiro atoms. The molecule has 1 aromatic heterocycles. The lowest BCUT2D eigenvalue weighted by molar-refractivity contribution is -0.121. The summed E-state index contributed by atoms with van der Waals surface area (Å²) in [6.07, 6.45) is 8.26. The Morgan fingerprint density at radius 1 is 1.30 bits per heavy atom. The second-order valence-electron chi connectivity index (χ2n) is 5.18. The highest BCUT2D eigenvalue weighted by molar-refractivity contribution is 5.75. The number of carbonyl (C=O) groups excluding carboxylic acids is 1. The fraction of sp³-hybridized carbons (Fsp3) is 0.688. The van der Waals surface area contributed by atoms with Crippen LogP contribution in [0.25, 0.3) is 0 Å². The Labute approximate surface area is 122 Å². The molecule has 2 N–H and O–H groups in total. The minimum atomic E-state index is 0.122. The highest BCUT2D eigenvalue weighted by atomic mass is 16.1. The summed E-state index contributed by atoms with van der Waals surface area (Å²) in [5.74, 6) is 0.122. The molecule has 1 heterocycles. The maximum absolute atomic E-state index is 11.5. The topological polar surface area (TPSA) is 46.1 Å². The van der Waals surface area contributed by atoms with Crippen molar-refractivity contribution in [1.82, 2.24) is 15.2 Å². The summed E-state index contributed by atoms with van der Waals surface area (Å²) in [5, 5.41) is 6.42. The van der Waals surface area contributed by atoms with Gasteiger partial charge in [0.25, 0.3) is 0 Å². The Kier molecular flexibility index (Phi) is 8.04. The molecule has 114 valence electrons. The standard InChI is InChI=1S/C16H29N3O/c1-4-7-15(18-10-5-2)14-8-11-19(13-14)12-9-16(20)17-6-3/h8,11,13,15,18H,4-7,9-10,12H2,1-3H3,(H,17,20). The van der Waals surface area contributed by atoms with Crippen LogP contribution in [0, 0.1) is 0 Å². The number of rotatable bonds is 10. The summed E-state index contributed by atoms with van der Waals surface area (Å²) in [7, 11) is 0. The molecule has 0 aliphatic carbocycles. The molecule has 0 aromatic carbocycles. The van der Waals surface area contributed by atoms with E-state index in [0.29, 0.717) is 19.0 Å². The van der Waals surface area contributed by atoms with Crippen molar-refractivity contribution < 1.29 is 4.79 Å². The van der Waals surface area contributed by atoms with Gasteiger partial charge in [-0.15, -0.1) is 0 Å². The summed E-state index contributed by atoms with van der Waals surface area (Å²) in [6, 6.07) is 2.60. The fourth-order valence-corrected chi connectivity index (χ4v) is 2.31.